The second kappa shape index (κ2) is 11.6. The molecular formula is C52H30S2. The Morgan fingerprint density at radius 3 is 1.57 bits per heavy atom. The van der Waals surface area contributed by atoms with E-state index in [0.717, 1.165) is 0 Å². The lowest BCUT2D eigenvalue weighted by Crippen LogP contribution is -1.92. The lowest BCUT2D eigenvalue weighted by Gasteiger charge is -2.19. The fourth-order valence-corrected chi connectivity index (χ4v) is 11.3. The molecule has 54 heavy (non-hydrogen) atoms. The zero-order valence-electron chi connectivity index (χ0n) is 29.1. The van der Waals surface area contributed by atoms with Crippen molar-refractivity contribution < 1.29 is 0 Å². The van der Waals surface area contributed by atoms with Crippen molar-refractivity contribution in [2.45, 2.75) is 0 Å². The highest BCUT2D eigenvalue weighted by molar-refractivity contribution is 7.28. The number of benzene rings is 10. The molecule has 0 saturated carbocycles. The molecular weight excluding hydrogens is 689 g/mol. The summed E-state index contributed by atoms with van der Waals surface area (Å²) in [5, 5.41) is 15.7. The highest BCUT2D eigenvalue weighted by Gasteiger charge is 2.19. The average Bonchev–Trinajstić information content (AvgIpc) is 3.78. The Morgan fingerprint density at radius 1 is 0.259 bits per heavy atom. The van der Waals surface area contributed by atoms with E-state index in [1.54, 1.807) is 0 Å². The monoisotopic (exact) mass is 718 g/mol. The van der Waals surface area contributed by atoms with Crippen molar-refractivity contribution in [2.75, 3.05) is 0 Å². The van der Waals surface area contributed by atoms with Gasteiger partial charge in [-0.05, 0) is 113 Å². The van der Waals surface area contributed by atoms with Gasteiger partial charge in [0, 0.05) is 40.3 Å². The Bertz CT molecular complexity index is 3440. The van der Waals surface area contributed by atoms with Gasteiger partial charge >= 0.3 is 0 Å². The molecule has 0 amide bonds. The van der Waals surface area contributed by atoms with Crippen LogP contribution >= 0.6 is 22.7 Å². The highest BCUT2D eigenvalue weighted by Crippen LogP contribution is 2.47. The minimum atomic E-state index is 1.23. The van der Waals surface area contributed by atoms with Crippen molar-refractivity contribution in [3.63, 3.8) is 0 Å². The standard InChI is InChI=1S/C52H30S2/c1-3-16-36-31(11-1)13-10-22-38(36)51-41-20-7-5-18-39(41)50(40-19-6-8-21-42(40)51)35-15-9-14-33(27-35)34-24-25-46-43(28-34)44-29-45-49(30-48(44)53-46)54-47-26-23-32-12-2-4-17-37(32)52(45)47/h1-30H. The third-order valence-corrected chi connectivity index (χ3v) is 13.7. The van der Waals surface area contributed by atoms with Crippen LogP contribution < -0.4 is 0 Å². The summed E-state index contributed by atoms with van der Waals surface area (Å²) in [5.74, 6) is 0. The van der Waals surface area contributed by atoms with Gasteiger partial charge in [0.2, 0.25) is 0 Å². The quantitative estimate of drug-likeness (QED) is 0.160. The Hall–Kier alpha value is -6.32. The van der Waals surface area contributed by atoms with Gasteiger partial charge in [-0.2, -0.15) is 0 Å². The van der Waals surface area contributed by atoms with E-state index in [0.29, 0.717) is 0 Å². The van der Waals surface area contributed by atoms with E-state index in [1.165, 1.54) is 117 Å². The molecule has 0 aliphatic heterocycles. The molecule has 0 atom stereocenters. The maximum absolute atomic E-state index is 2.46. The van der Waals surface area contributed by atoms with Crippen LogP contribution in [0.25, 0.3) is 117 Å². The fraction of sp³-hybridized carbons (Fsp3) is 0. The minimum Gasteiger partial charge on any atom is -0.135 e. The van der Waals surface area contributed by atoms with E-state index in [9.17, 15) is 0 Å². The Balaban J connectivity index is 1.06. The van der Waals surface area contributed by atoms with E-state index >= 15 is 0 Å². The van der Waals surface area contributed by atoms with Gasteiger partial charge in [-0.3, -0.25) is 0 Å². The molecule has 0 aliphatic rings. The summed E-state index contributed by atoms with van der Waals surface area (Å²) in [6.07, 6.45) is 0. The van der Waals surface area contributed by atoms with Gasteiger partial charge in [-0.25, -0.2) is 0 Å². The number of hydrogen-bond acceptors (Lipinski definition) is 2. The van der Waals surface area contributed by atoms with Crippen molar-refractivity contribution in [1.29, 1.82) is 0 Å². The molecule has 12 aromatic rings. The zero-order valence-corrected chi connectivity index (χ0v) is 30.8. The van der Waals surface area contributed by atoms with Crippen LogP contribution in [0, 0.1) is 0 Å². The van der Waals surface area contributed by atoms with Crippen LogP contribution in [0.15, 0.2) is 182 Å². The second-order valence-corrected chi connectivity index (χ2v) is 16.5. The first-order chi connectivity index (χ1) is 26.8. The van der Waals surface area contributed by atoms with Crippen LogP contribution in [0.2, 0.25) is 0 Å². The van der Waals surface area contributed by atoms with Crippen molar-refractivity contribution in [3.05, 3.63) is 182 Å². The summed E-state index contributed by atoms with van der Waals surface area (Å²) in [6.45, 7) is 0. The number of hydrogen-bond donors (Lipinski definition) is 0. The second-order valence-electron chi connectivity index (χ2n) is 14.4. The molecule has 0 N–H and O–H groups in total. The Morgan fingerprint density at radius 2 is 0.796 bits per heavy atom. The molecule has 0 radical (unpaired) electrons. The molecule has 2 heterocycles. The summed E-state index contributed by atoms with van der Waals surface area (Å²) in [5.41, 5.74) is 7.57. The minimum absolute atomic E-state index is 1.23. The number of thiophene rings is 2. The fourth-order valence-electron chi connectivity index (χ4n) is 9.02. The van der Waals surface area contributed by atoms with Gasteiger partial charge in [0.05, 0.1) is 0 Å². The van der Waals surface area contributed by atoms with Crippen molar-refractivity contribution in [1.82, 2.24) is 0 Å². The summed E-state index contributed by atoms with van der Waals surface area (Å²) in [4.78, 5) is 0. The van der Waals surface area contributed by atoms with Crippen LogP contribution in [0.1, 0.15) is 0 Å². The molecule has 2 aromatic heterocycles. The van der Waals surface area contributed by atoms with Gasteiger partial charge in [-0.15, -0.1) is 22.7 Å². The highest BCUT2D eigenvalue weighted by atomic mass is 32.1. The molecule has 0 nitrogen and oxygen atoms in total. The third-order valence-electron chi connectivity index (χ3n) is 11.4. The number of fused-ring (bicyclic) bond motifs is 11. The normalized spacial score (nSPS) is 12.1. The van der Waals surface area contributed by atoms with E-state index < -0.39 is 0 Å². The third kappa shape index (κ3) is 4.42. The molecule has 2 heteroatoms. The molecule has 250 valence electrons. The average molecular weight is 719 g/mol. The maximum Gasteiger partial charge on any atom is 0.0370 e. The first-order valence-corrected chi connectivity index (χ1v) is 20.1. The molecule has 10 aromatic carbocycles. The number of rotatable bonds is 3. The van der Waals surface area contributed by atoms with Gasteiger partial charge < -0.3 is 0 Å². The molecule has 0 fully saturated rings. The SMILES string of the molecule is c1cc(-c2ccc3sc4cc5sc6ccc7ccccc7c6c5cc4c3c2)cc(-c2c3ccccc3c(-c3cccc4ccccc34)c3ccccc23)c1. The molecule has 0 bridgehead atoms. The molecule has 12 rings (SSSR count). The van der Waals surface area contributed by atoms with Crippen LogP contribution in [0.5, 0.6) is 0 Å². The van der Waals surface area contributed by atoms with E-state index in [2.05, 4.69) is 182 Å². The molecule has 0 aliphatic carbocycles. The summed E-state index contributed by atoms with van der Waals surface area (Å²) in [6, 6.07) is 67.9. The Labute approximate surface area is 319 Å². The zero-order chi connectivity index (χ0) is 35.3. The smallest absolute Gasteiger partial charge is 0.0370 e. The van der Waals surface area contributed by atoms with Crippen molar-refractivity contribution in [3.8, 4) is 33.4 Å². The Kier molecular flexibility index (Phi) is 6.48. The lowest BCUT2D eigenvalue weighted by molar-refractivity contribution is 1.63. The molecule has 0 spiro atoms. The van der Waals surface area contributed by atoms with Gasteiger partial charge in [-0.1, -0.05) is 146 Å². The van der Waals surface area contributed by atoms with Gasteiger partial charge in [0.15, 0.2) is 0 Å². The van der Waals surface area contributed by atoms with E-state index in [4.69, 9.17) is 0 Å². The van der Waals surface area contributed by atoms with E-state index in [-0.39, 0.29) is 0 Å². The first kappa shape index (κ1) is 30.2. The predicted molar refractivity (Wildman–Crippen MR) is 239 cm³/mol. The van der Waals surface area contributed by atoms with Crippen molar-refractivity contribution in [2.24, 2.45) is 0 Å². The van der Waals surface area contributed by atoms with Crippen LogP contribution in [0.3, 0.4) is 0 Å². The predicted octanol–water partition coefficient (Wildman–Crippen LogP) is 16.0. The van der Waals surface area contributed by atoms with Crippen molar-refractivity contribution >= 4 is 106 Å². The maximum atomic E-state index is 2.46. The lowest BCUT2D eigenvalue weighted by atomic mass is 9.84. The summed E-state index contributed by atoms with van der Waals surface area (Å²) < 4.78 is 5.40. The summed E-state index contributed by atoms with van der Waals surface area (Å²) in [7, 11) is 0. The van der Waals surface area contributed by atoms with E-state index in [1.807, 2.05) is 22.7 Å². The largest absolute Gasteiger partial charge is 0.135 e. The first-order valence-electron chi connectivity index (χ1n) is 18.5. The van der Waals surface area contributed by atoms with Gasteiger partial charge in [0.1, 0.15) is 0 Å². The molecule has 0 saturated heterocycles. The van der Waals surface area contributed by atoms with Crippen LogP contribution in [-0.2, 0) is 0 Å². The van der Waals surface area contributed by atoms with Gasteiger partial charge in [0.25, 0.3) is 0 Å². The summed E-state index contributed by atoms with van der Waals surface area (Å²) >= 11 is 3.81. The topological polar surface area (TPSA) is 0 Å². The molecule has 0 unspecified atom stereocenters. The van der Waals surface area contributed by atoms with Crippen LogP contribution in [-0.4, -0.2) is 0 Å². The van der Waals surface area contributed by atoms with Crippen LogP contribution in [0.4, 0.5) is 0 Å².